The van der Waals surface area contributed by atoms with Gasteiger partial charge in [0.1, 0.15) is 0 Å². The number of carbonyl (C=O) groups excluding carboxylic acids is 1. The fourth-order valence-electron chi connectivity index (χ4n) is 3.19. The Hall–Kier alpha value is -1.67. The minimum atomic E-state index is -5.39. The number of benzene rings is 1. The average Bonchev–Trinajstić information content (AvgIpc) is 3.07. The first-order valence-corrected chi connectivity index (χ1v) is 12.3. The number of carbonyl (C=O) groups is 1. The molecule has 4 N–H and O–H groups in total. The van der Waals surface area contributed by atoms with E-state index in [-0.39, 0.29) is 12.8 Å². The molecule has 1 aromatic heterocycles. The van der Waals surface area contributed by atoms with Crippen LogP contribution < -0.4 is 0 Å². The minimum Gasteiger partial charge on any atom is -0.323 e. The van der Waals surface area contributed by atoms with Crippen LogP contribution >= 0.6 is 15.2 Å². The third kappa shape index (κ3) is 5.48. The molecule has 0 saturated heterocycles. The largest absolute Gasteiger partial charge is 0.351 e. The second-order valence-corrected chi connectivity index (χ2v) is 10.8. The zero-order valence-corrected chi connectivity index (χ0v) is 17.7. The second kappa shape index (κ2) is 9.43. The van der Waals surface area contributed by atoms with Crippen LogP contribution in [0.1, 0.15) is 43.9 Å². The van der Waals surface area contributed by atoms with E-state index in [2.05, 4.69) is 10.3 Å². The van der Waals surface area contributed by atoms with Gasteiger partial charge in [-0.2, -0.15) is 0 Å². The summed E-state index contributed by atoms with van der Waals surface area (Å²) in [5.41, 5.74) is 1.69. The molecule has 0 bridgehead atoms. The van der Waals surface area contributed by atoms with Gasteiger partial charge in [0, 0.05) is 12.6 Å². The molecule has 1 aromatic carbocycles. The highest BCUT2D eigenvalue weighted by Crippen LogP contribution is 2.71. The number of hydrogen-bond acceptors (Lipinski definition) is 5. The number of nitrogens with zero attached hydrogens (tertiary/aromatic N) is 3. The van der Waals surface area contributed by atoms with Gasteiger partial charge in [-0.15, -0.1) is 5.10 Å². The molecule has 0 spiro atoms. The standard InChI is InChI=1S/C17H25N3O7P2/c1-2-16(21)17(28(22,23)24,29(25,26)27)11-7-6-10-15-13-20(19-18-15)12-14-8-4-3-5-9-14/h3-5,8-9,13H,2,6-7,10-12H2,1H3,(H2,22,23,24)(H2,25,26,27). The van der Waals surface area contributed by atoms with E-state index in [4.69, 9.17) is 0 Å². The van der Waals surface area contributed by atoms with Gasteiger partial charge in [-0.3, -0.25) is 13.9 Å². The molecule has 2 rings (SSSR count). The van der Waals surface area contributed by atoms with Crippen LogP contribution in [0, 0.1) is 0 Å². The summed E-state index contributed by atoms with van der Waals surface area (Å²) in [5.74, 6) is -1.13. The molecule has 0 aliphatic carbocycles. The third-order valence-electron chi connectivity index (χ3n) is 4.71. The SMILES string of the molecule is CCC(=O)C(CCCCc1cn(Cc2ccccc2)nn1)(P(=O)(O)O)P(=O)(O)O. The molecule has 0 unspecified atom stereocenters. The lowest BCUT2D eigenvalue weighted by Crippen LogP contribution is -2.38. The van der Waals surface area contributed by atoms with Crippen molar-refractivity contribution >= 4 is 21.0 Å². The van der Waals surface area contributed by atoms with Crippen molar-refractivity contribution in [2.24, 2.45) is 0 Å². The van der Waals surface area contributed by atoms with Crippen LogP contribution in [0.3, 0.4) is 0 Å². The average molecular weight is 445 g/mol. The summed E-state index contributed by atoms with van der Waals surface area (Å²) in [7, 11) is -10.8. The first-order chi connectivity index (χ1) is 13.5. The molecule has 10 nitrogen and oxygen atoms in total. The first kappa shape index (κ1) is 23.6. The summed E-state index contributed by atoms with van der Waals surface area (Å²) in [6.07, 6.45) is 1.52. The van der Waals surface area contributed by atoms with E-state index < -0.39 is 32.3 Å². The number of unbranched alkanes of at least 4 members (excludes halogenated alkanes) is 1. The van der Waals surface area contributed by atoms with Gasteiger partial charge in [-0.1, -0.05) is 48.9 Å². The van der Waals surface area contributed by atoms with Crippen LogP contribution in [-0.2, 0) is 26.9 Å². The predicted octanol–water partition coefficient (Wildman–Crippen LogP) is 2.07. The van der Waals surface area contributed by atoms with Crippen LogP contribution in [0.15, 0.2) is 36.5 Å². The van der Waals surface area contributed by atoms with Gasteiger partial charge in [-0.25, -0.2) is 4.68 Å². The van der Waals surface area contributed by atoms with Crippen molar-refractivity contribution < 1.29 is 33.5 Å². The van der Waals surface area contributed by atoms with E-state index in [1.165, 1.54) is 6.92 Å². The summed E-state index contributed by atoms with van der Waals surface area (Å²) in [6, 6.07) is 9.65. The van der Waals surface area contributed by atoms with Gasteiger partial charge in [0.25, 0.3) is 0 Å². The minimum absolute atomic E-state index is 0.0352. The summed E-state index contributed by atoms with van der Waals surface area (Å²) >= 11 is 0. The van der Waals surface area contributed by atoms with Gasteiger partial charge in [0.15, 0.2) is 5.78 Å². The van der Waals surface area contributed by atoms with Gasteiger partial charge in [0.05, 0.1) is 12.2 Å². The lowest BCUT2D eigenvalue weighted by atomic mass is 10.1. The molecule has 0 aliphatic heterocycles. The molecule has 0 atom stereocenters. The van der Waals surface area contributed by atoms with Gasteiger partial charge in [0.2, 0.25) is 4.90 Å². The number of hydrogen-bond donors (Lipinski definition) is 4. The first-order valence-electron chi connectivity index (χ1n) is 9.09. The van der Waals surface area contributed by atoms with Gasteiger partial charge in [-0.05, 0) is 24.8 Å². The molecular weight excluding hydrogens is 420 g/mol. The monoisotopic (exact) mass is 445 g/mol. The van der Waals surface area contributed by atoms with Crippen molar-refractivity contribution in [2.75, 3.05) is 0 Å². The van der Waals surface area contributed by atoms with Crippen LogP contribution in [0.5, 0.6) is 0 Å². The number of Topliss-reactive ketones (excluding diaryl/α,β-unsaturated/α-hetero) is 1. The maximum Gasteiger partial charge on any atom is 0.351 e. The summed E-state index contributed by atoms with van der Waals surface area (Å²) < 4.78 is 25.4. The molecule has 0 fully saturated rings. The Bertz CT molecular complexity index is 898. The third-order valence-corrected chi connectivity index (χ3v) is 9.15. The zero-order chi connectivity index (χ0) is 21.7. The molecule has 0 aliphatic rings. The number of rotatable bonds is 11. The summed E-state index contributed by atoms with van der Waals surface area (Å²) in [6.45, 7) is 1.85. The lowest BCUT2D eigenvalue weighted by Gasteiger charge is -2.33. The Labute approximate surface area is 168 Å². The number of aromatic nitrogens is 3. The molecular formula is C17H25N3O7P2. The van der Waals surface area contributed by atoms with Gasteiger partial charge < -0.3 is 19.6 Å². The Morgan fingerprint density at radius 1 is 1.07 bits per heavy atom. The summed E-state index contributed by atoms with van der Waals surface area (Å²) in [4.78, 5) is 47.6. The van der Waals surface area contributed by atoms with Crippen molar-refractivity contribution in [1.82, 2.24) is 15.0 Å². The fourth-order valence-corrected chi connectivity index (χ4v) is 6.41. The Balaban J connectivity index is 2.01. The van der Waals surface area contributed by atoms with E-state index in [1.54, 1.807) is 10.9 Å². The van der Waals surface area contributed by atoms with Crippen molar-refractivity contribution in [3.05, 3.63) is 47.8 Å². The van der Waals surface area contributed by atoms with E-state index in [9.17, 15) is 33.5 Å². The molecule has 2 aromatic rings. The Kier molecular flexibility index (Phi) is 7.67. The van der Waals surface area contributed by atoms with Crippen LogP contribution in [0.25, 0.3) is 0 Å². The predicted molar refractivity (Wildman–Crippen MR) is 105 cm³/mol. The van der Waals surface area contributed by atoms with Crippen LogP contribution in [-0.4, -0.2) is 45.2 Å². The topological polar surface area (TPSA) is 163 Å². The van der Waals surface area contributed by atoms with Crippen molar-refractivity contribution in [3.63, 3.8) is 0 Å². The fraction of sp³-hybridized carbons (Fsp3) is 0.471. The molecule has 0 saturated carbocycles. The highest BCUT2D eigenvalue weighted by Gasteiger charge is 2.64. The molecule has 12 heteroatoms. The quantitative estimate of drug-likeness (QED) is 0.299. The normalized spacial score (nSPS) is 12.9. The maximum absolute atomic E-state index is 12.2. The molecule has 29 heavy (non-hydrogen) atoms. The van der Waals surface area contributed by atoms with E-state index in [1.807, 2.05) is 30.3 Å². The van der Waals surface area contributed by atoms with Crippen LogP contribution in [0.4, 0.5) is 0 Å². The van der Waals surface area contributed by atoms with Gasteiger partial charge >= 0.3 is 15.2 Å². The Morgan fingerprint density at radius 3 is 2.24 bits per heavy atom. The van der Waals surface area contributed by atoms with Crippen LogP contribution in [0.2, 0.25) is 0 Å². The van der Waals surface area contributed by atoms with Crippen molar-refractivity contribution in [1.29, 1.82) is 0 Å². The maximum atomic E-state index is 12.2. The Morgan fingerprint density at radius 2 is 1.69 bits per heavy atom. The molecule has 160 valence electrons. The van der Waals surface area contributed by atoms with E-state index in [0.717, 1.165) is 5.56 Å². The van der Waals surface area contributed by atoms with E-state index in [0.29, 0.717) is 25.1 Å². The molecule has 0 amide bonds. The second-order valence-electron chi connectivity index (χ2n) is 6.78. The van der Waals surface area contributed by atoms with Crippen molar-refractivity contribution in [3.8, 4) is 0 Å². The highest BCUT2D eigenvalue weighted by atomic mass is 31.2. The van der Waals surface area contributed by atoms with Crippen molar-refractivity contribution in [2.45, 2.75) is 50.5 Å². The lowest BCUT2D eigenvalue weighted by molar-refractivity contribution is -0.120. The highest BCUT2D eigenvalue weighted by molar-refractivity contribution is 7.74. The van der Waals surface area contributed by atoms with E-state index >= 15 is 0 Å². The zero-order valence-electron chi connectivity index (χ0n) is 16.0. The summed E-state index contributed by atoms with van der Waals surface area (Å²) in [5, 5.41) is 8.06. The number of ketones is 1. The molecule has 0 radical (unpaired) electrons. The molecule has 1 heterocycles. The number of aryl methyl sites for hydroxylation is 1. The smallest absolute Gasteiger partial charge is 0.323 e.